The highest BCUT2D eigenvalue weighted by Crippen LogP contribution is 2.13. The average molecular weight is 533 g/mol. The van der Waals surface area contributed by atoms with Crippen molar-refractivity contribution in [2.24, 2.45) is 0 Å². The number of carboxylic acids is 2. The molecular formula is C29H44N2O7. The van der Waals surface area contributed by atoms with Gasteiger partial charge in [-0.1, -0.05) is 88.5 Å². The zero-order valence-corrected chi connectivity index (χ0v) is 22.4. The Morgan fingerprint density at radius 1 is 0.684 bits per heavy atom. The summed E-state index contributed by atoms with van der Waals surface area (Å²) in [5.74, 6) is -2.49. The highest BCUT2D eigenvalue weighted by atomic mass is 16.4. The first-order chi connectivity index (χ1) is 18.3. The predicted octanol–water partition coefficient (Wildman–Crippen LogP) is 5.01. The number of aldehydes is 1. The van der Waals surface area contributed by atoms with Crippen LogP contribution in [-0.2, 0) is 25.7 Å². The van der Waals surface area contributed by atoms with Gasteiger partial charge in [0.05, 0.1) is 0 Å². The van der Waals surface area contributed by atoms with E-state index in [0.717, 1.165) is 56.8 Å². The number of rotatable bonds is 23. The Balaban J connectivity index is 2.06. The Morgan fingerprint density at radius 3 is 1.66 bits per heavy atom. The van der Waals surface area contributed by atoms with Gasteiger partial charge in [-0.3, -0.25) is 19.2 Å². The molecule has 2 amide bonds. The lowest BCUT2D eigenvalue weighted by molar-refractivity contribution is -0.142. The number of nitrogens with one attached hydrogen (secondary N) is 2. The molecule has 38 heavy (non-hydrogen) atoms. The maximum Gasteiger partial charge on any atom is 0.326 e. The summed E-state index contributed by atoms with van der Waals surface area (Å²) in [6, 6.07) is 5.69. The quantitative estimate of drug-likeness (QED) is 0.114. The van der Waals surface area contributed by atoms with Gasteiger partial charge in [-0.05, 0) is 24.8 Å². The highest BCUT2D eigenvalue weighted by molar-refractivity contribution is 5.84. The molecule has 0 unspecified atom stereocenters. The molecule has 212 valence electrons. The van der Waals surface area contributed by atoms with Crippen molar-refractivity contribution in [2.75, 3.05) is 0 Å². The molecule has 0 bridgehead atoms. The number of carboxylic acid groups (broad SMARTS) is 2. The van der Waals surface area contributed by atoms with Crippen molar-refractivity contribution < 1.29 is 34.2 Å². The van der Waals surface area contributed by atoms with Gasteiger partial charge in [0.2, 0.25) is 11.8 Å². The zero-order valence-electron chi connectivity index (χ0n) is 22.4. The van der Waals surface area contributed by atoms with E-state index in [0.29, 0.717) is 12.0 Å². The summed E-state index contributed by atoms with van der Waals surface area (Å²) in [4.78, 5) is 56.9. The maximum absolute atomic E-state index is 12.2. The first-order valence-electron chi connectivity index (χ1n) is 13.9. The van der Waals surface area contributed by atoms with Crippen molar-refractivity contribution in [3.8, 4) is 0 Å². The van der Waals surface area contributed by atoms with E-state index in [9.17, 15) is 29.1 Å². The third-order valence-electron chi connectivity index (χ3n) is 6.44. The molecule has 1 aromatic rings. The molecule has 4 N–H and O–H groups in total. The van der Waals surface area contributed by atoms with Crippen LogP contribution in [0.25, 0.3) is 0 Å². The molecule has 1 atom stereocenters. The van der Waals surface area contributed by atoms with Gasteiger partial charge in [0.15, 0.2) is 0 Å². The summed E-state index contributed by atoms with van der Waals surface area (Å²) >= 11 is 0. The Morgan fingerprint density at radius 2 is 1.18 bits per heavy atom. The summed E-state index contributed by atoms with van der Waals surface area (Å²) in [7, 11) is 0. The summed E-state index contributed by atoms with van der Waals surface area (Å²) in [6.07, 6.45) is 13.8. The van der Waals surface area contributed by atoms with Crippen LogP contribution in [0.1, 0.15) is 119 Å². The fourth-order valence-corrected chi connectivity index (χ4v) is 4.13. The summed E-state index contributed by atoms with van der Waals surface area (Å²) in [5, 5.41) is 23.2. The van der Waals surface area contributed by atoms with Crippen molar-refractivity contribution in [3.05, 3.63) is 35.4 Å². The molecule has 9 nitrogen and oxygen atoms in total. The Kier molecular flexibility index (Phi) is 17.9. The maximum atomic E-state index is 12.2. The minimum Gasteiger partial charge on any atom is -0.481 e. The van der Waals surface area contributed by atoms with E-state index in [1.807, 2.05) is 0 Å². The van der Waals surface area contributed by atoms with E-state index in [-0.39, 0.29) is 44.0 Å². The van der Waals surface area contributed by atoms with Gasteiger partial charge >= 0.3 is 11.9 Å². The molecule has 0 aliphatic carbocycles. The van der Waals surface area contributed by atoms with E-state index < -0.39 is 18.0 Å². The number of hydrogen-bond acceptors (Lipinski definition) is 5. The van der Waals surface area contributed by atoms with E-state index >= 15 is 0 Å². The number of amides is 2. The largest absolute Gasteiger partial charge is 0.481 e. The molecule has 0 radical (unpaired) electrons. The monoisotopic (exact) mass is 532 g/mol. The second kappa shape index (κ2) is 20.8. The van der Waals surface area contributed by atoms with Crippen LogP contribution in [0.4, 0.5) is 0 Å². The fourth-order valence-electron chi connectivity index (χ4n) is 4.13. The van der Waals surface area contributed by atoms with Crippen LogP contribution in [0.15, 0.2) is 24.3 Å². The van der Waals surface area contributed by atoms with Crippen LogP contribution >= 0.6 is 0 Å². The summed E-state index contributed by atoms with van der Waals surface area (Å²) in [5.41, 5.74) is 1.37. The number of benzene rings is 1. The predicted molar refractivity (Wildman–Crippen MR) is 145 cm³/mol. The lowest BCUT2D eigenvalue weighted by Crippen LogP contribution is -2.41. The lowest BCUT2D eigenvalue weighted by Gasteiger charge is -2.14. The first-order valence-corrected chi connectivity index (χ1v) is 13.9. The minimum atomic E-state index is -1.16. The van der Waals surface area contributed by atoms with Crippen LogP contribution in [0.2, 0.25) is 0 Å². The molecule has 0 aromatic heterocycles. The average Bonchev–Trinajstić information content (AvgIpc) is 2.89. The molecule has 1 rings (SSSR count). The Labute approximate surface area is 225 Å². The number of aliphatic carboxylic acids is 2. The number of hydrogen-bond donors (Lipinski definition) is 4. The number of carbonyl (C=O) groups is 5. The second-order valence-corrected chi connectivity index (χ2v) is 9.77. The standard InChI is InChI=1S/C29H44N2O7/c32-22-24-17-15-23(16-18-24)21-30-26(33)20-19-25(29(37)38)31-27(34)13-11-9-7-5-3-1-2-4-6-8-10-12-14-28(35)36/h15-18,22,25H,1-14,19-21H2,(H,30,33)(H,31,34)(H,35,36)(H,37,38)/t25-/m0/s1. The highest BCUT2D eigenvalue weighted by Gasteiger charge is 2.20. The molecule has 9 heteroatoms. The van der Waals surface area contributed by atoms with Gasteiger partial charge in [-0.25, -0.2) is 4.79 Å². The topological polar surface area (TPSA) is 150 Å². The first kappa shape index (κ1) is 32.8. The molecule has 0 fully saturated rings. The van der Waals surface area contributed by atoms with Crippen LogP contribution in [-0.4, -0.2) is 46.3 Å². The van der Waals surface area contributed by atoms with Crippen molar-refractivity contribution in [1.82, 2.24) is 10.6 Å². The number of unbranched alkanes of at least 4 members (excludes halogenated alkanes) is 11. The van der Waals surface area contributed by atoms with Gasteiger partial charge in [0, 0.05) is 31.4 Å². The van der Waals surface area contributed by atoms with Gasteiger partial charge in [0.25, 0.3) is 0 Å². The zero-order chi connectivity index (χ0) is 28.0. The lowest BCUT2D eigenvalue weighted by atomic mass is 10.0. The van der Waals surface area contributed by atoms with Gasteiger partial charge in [-0.15, -0.1) is 0 Å². The van der Waals surface area contributed by atoms with Crippen LogP contribution in [0.5, 0.6) is 0 Å². The minimum absolute atomic E-state index is 0.0132. The Hall–Kier alpha value is -3.23. The van der Waals surface area contributed by atoms with E-state index in [1.54, 1.807) is 24.3 Å². The molecule has 0 aliphatic rings. The van der Waals surface area contributed by atoms with Gasteiger partial charge < -0.3 is 20.8 Å². The summed E-state index contributed by atoms with van der Waals surface area (Å²) < 4.78 is 0. The number of carbonyl (C=O) groups excluding carboxylic acids is 3. The second-order valence-electron chi connectivity index (χ2n) is 9.77. The van der Waals surface area contributed by atoms with E-state index in [1.165, 1.54) is 25.7 Å². The van der Waals surface area contributed by atoms with E-state index in [4.69, 9.17) is 5.11 Å². The molecule has 0 spiro atoms. The molecule has 0 heterocycles. The molecule has 0 aliphatic heterocycles. The summed E-state index contributed by atoms with van der Waals surface area (Å²) in [6.45, 7) is 0.276. The molecule has 0 saturated heterocycles. The van der Waals surface area contributed by atoms with E-state index in [2.05, 4.69) is 10.6 Å². The van der Waals surface area contributed by atoms with Gasteiger partial charge in [0.1, 0.15) is 12.3 Å². The third-order valence-corrected chi connectivity index (χ3v) is 6.44. The van der Waals surface area contributed by atoms with Crippen molar-refractivity contribution in [3.63, 3.8) is 0 Å². The smallest absolute Gasteiger partial charge is 0.326 e. The normalized spacial score (nSPS) is 11.5. The van der Waals surface area contributed by atoms with Crippen molar-refractivity contribution in [2.45, 2.75) is 115 Å². The molecule has 1 aromatic carbocycles. The van der Waals surface area contributed by atoms with Crippen LogP contribution in [0.3, 0.4) is 0 Å². The Bertz CT molecular complexity index is 855. The molecular weight excluding hydrogens is 488 g/mol. The fraction of sp³-hybridized carbons (Fsp3) is 0.621. The SMILES string of the molecule is O=Cc1ccc(CNC(=O)CC[C@H](NC(=O)CCCCCCCCCCCCCCC(=O)O)C(=O)O)cc1. The third kappa shape index (κ3) is 17.3. The van der Waals surface area contributed by atoms with Crippen molar-refractivity contribution >= 4 is 30.0 Å². The van der Waals surface area contributed by atoms with Crippen LogP contribution in [0, 0.1) is 0 Å². The van der Waals surface area contributed by atoms with Crippen LogP contribution < -0.4 is 10.6 Å². The molecule has 0 saturated carbocycles. The van der Waals surface area contributed by atoms with Crippen molar-refractivity contribution in [1.29, 1.82) is 0 Å². The van der Waals surface area contributed by atoms with Gasteiger partial charge in [-0.2, -0.15) is 0 Å².